The van der Waals surface area contributed by atoms with Gasteiger partial charge in [0.25, 0.3) is 0 Å². The SMILES string of the molecule is CCC1=Cc2c(-c3c4ccccc4cc4ccccc34)cccc2[CH]1[Hf]1([CH]2C(CC)=Cc3c(-c4c5ccccc5cc5ccccc45)cccc32)[CH2][CH2]1.Cl.Cl. The van der Waals surface area contributed by atoms with Crippen molar-refractivity contribution in [2.75, 3.05) is 0 Å². The van der Waals surface area contributed by atoms with Crippen molar-refractivity contribution in [1.82, 2.24) is 0 Å². The van der Waals surface area contributed by atoms with Crippen LogP contribution < -0.4 is 0 Å². The van der Waals surface area contributed by atoms with Crippen LogP contribution in [0.25, 0.3) is 77.5 Å². The molecule has 0 saturated carbocycles. The third-order valence-corrected chi connectivity index (χ3v) is 32.3. The molecule has 1 heterocycles. The predicted molar refractivity (Wildman–Crippen MR) is 240 cm³/mol. The van der Waals surface area contributed by atoms with Crippen molar-refractivity contribution in [2.24, 2.45) is 0 Å². The topological polar surface area (TPSA) is 0 Å². The van der Waals surface area contributed by atoms with E-state index in [1.165, 1.54) is 84.8 Å². The van der Waals surface area contributed by atoms with E-state index in [0.29, 0.717) is 7.35 Å². The van der Waals surface area contributed by atoms with E-state index in [9.17, 15) is 0 Å². The molecule has 8 aromatic carbocycles. The maximum atomic E-state index is 2.66. The Kier molecular flexibility index (Phi) is 9.28. The second-order valence-corrected chi connectivity index (χ2v) is 32.4. The van der Waals surface area contributed by atoms with Crippen LogP contribution in [0, 0.1) is 0 Å². The Morgan fingerprint density at radius 3 is 1.11 bits per heavy atom. The van der Waals surface area contributed by atoms with Crippen molar-refractivity contribution >= 4 is 80.1 Å². The first-order valence-electron chi connectivity index (χ1n) is 19.7. The molecule has 0 aromatic heterocycles. The second-order valence-electron chi connectivity index (χ2n) is 15.7. The van der Waals surface area contributed by atoms with Crippen LogP contribution in [0.1, 0.15) is 56.3 Å². The van der Waals surface area contributed by atoms with Gasteiger partial charge in [0.15, 0.2) is 0 Å². The van der Waals surface area contributed by atoms with Gasteiger partial charge in [-0.1, -0.05) is 0 Å². The second kappa shape index (κ2) is 14.0. The van der Waals surface area contributed by atoms with Crippen LogP contribution in [-0.4, -0.2) is 0 Å². The molecular weight excluding hydrogens is 874 g/mol. The van der Waals surface area contributed by atoms with Crippen molar-refractivity contribution in [3.8, 4) is 22.3 Å². The molecule has 0 radical (unpaired) electrons. The van der Waals surface area contributed by atoms with Crippen molar-refractivity contribution in [3.05, 3.63) is 179 Å². The summed E-state index contributed by atoms with van der Waals surface area (Å²) < 4.78 is 4.24. The molecule has 2 aliphatic carbocycles. The van der Waals surface area contributed by atoms with Crippen molar-refractivity contribution < 1.29 is 20.0 Å². The number of hydrogen-bond acceptors (Lipinski definition) is 0. The summed E-state index contributed by atoms with van der Waals surface area (Å²) in [7, 11) is 0. The Morgan fingerprint density at radius 2 is 0.782 bits per heavy atom. The van der Waals surface area contributed by atoms with Gasteiger partial charge in [-0.2, -0.15) is 0 Å². The summed E-state index contributed by atoms with van der Waals surface area (Å²) in [5.41, 5.74) is 15.3. The number of allylic oxidation sites excluding steroid dienone is 2. The molecule has 1 aliphatic heterocycles. The summed E-state index contributed by atoms with van der Waals surface area (Å²) in [6.45, 7) is 4.84. The van der Waals surface area contributed by atoms with Gasteiger partial charge in [-0.15, -0.1) is 24.8 Å². The van der Waals surface area contributed by atoms with E-state index in [1.807, 2.05) is 0 Å². The van der Waals surface area contributed by atoms with E-state index in [1.54, 1.807) is 22.3 Å². The predicted octanol–water partition coefficient (Wildman–Crippen LogP) is 15.9. The fraction of sp³-hybridized carbons (Fsp3) is 0.154. The van der Waals surface area contributed by atoms with Crippen LogP contribution in [0.2, 0.25) is 8.35 Å². The van der Waals surface area contributed by atoms with Gasteiger partial charge in [-0.05, 0) is 0 Å². The van der Waals surface area contributed by atoms with E-state index in [-0.39, 0.29) is 24.8 Å². The fourth-order valence-electron chi connectivity index (χ4n) is 10.8. The smallest absolute Gasteiger partial charge is 0.147 e. The summed E-state index contributed by atoms with van der Waals surface area (Å²) in [5.74, 6) is 0. The van der Waals surface area contributed by atoms with Gasteiger partial charge >= 0.3 is 319 Å². The Hall–Kier alpha value is -4.27. The molecule has 0 nitrogen and oxygen atoms in total. The number of fused-ring (bicyclic) bond motifs is 6. The van der Waals surface area contributed by atoms with Gasteiger partial charge in [0.2, 0.25) is 0 Å². The normalized spacial score (nSPS) is 17.7. The molecule has 0 amide bonds. The van der Waals surface area contributed by atoms with E-state index in [4.69, 9.17) is 0 Å². The van der Waals surface area contributed by atoms with E-state index >= 15 is 0 Å². The number of rotatable bonds is 6. The molecular formula is C52H44Cl2Hf. The molecule has 0 bridgehead atoms. The quantitative estimate of drug-likeness (QED) is 0.115. The summed E-state index contributed by atoms with van der Waals surface area (Å²) >= 11 is -3.08. The molecule has 0 N–H and O–H groups in total. The first-order valence-corrected chi connectivity index (χ1v) is 28.9. The minimum Gasteiger partial charge on any atom is -0.147 e. The van der Waals surface area contributed by atoms with Crippen LogP contribution >= 0.6 is 24.8 Å². The molecule has 3 aliphatic rings. The van der Waals surface area contributed by atoms with E-state index < -0.39 is 20.0 Å². The van der Waals surface area contributed by atoms with Gasteiger partial charge in [0.05, 0.1) is 0 Å². The Morgan fingerprint density at radius 1 is 0.436 bits per heavy atom. The van der Waals surface area contributed by atoms with Crippen molar-refractivity contribution in [2.45, 2.75) is 42.4 Å². The minimum absolute atomic E-state index is 0. The standard InChI is InChI=1S/2C25H19.C2H4.2ClH.Hf/c2*1-2-17-14-18-10-7-13-23(24(18)15-17)25-21-11-5-3-8-19(21)16-20-9-4-6-12-22(20)25;1-2;;;/h2*3-16H,2H2,1H3;1-2H2;2*1H;. The summed E-state index contributed by atoms with van der Waals surface area (Å²) in [6.07, 6.45) is 7.58. The number of benzene rings is 8. The van der Waals surface area contributed by atoms with Crippen LogP contribution in [0.15, 0.2) is 157 Å². The molecule has 11 rings (SSSR count). The average molecular weight is 918 g/mol. The van der Waals surface area contributed by atoms with Crippen molar-refractivity contribution in [1.29, 1.82) is 0 Å². The molecule has 3 heteroatoms. The maximum Gasteiger partial charge on any atom is -0.147 e. The fourth-order valence-corrected chi connectivity index (χ4v) is 39.3. The molecule has 8 aromatic rings. The van der Waals surface area contributed by atoms with Gasteiger partial charge in [-0.25, -0.2) is 0 Å². The molecule has 1 fully saturated rings. The summed E-state index contributed by atoms with van der Waals surface area (Å²) in [5, 5.41) is 10.7. The minimum atomic E-state index is -3.08. The molecule has 2 unspecified atom stereocenters. The van der Waals surface area contributed by atoms with Crippen LogP contribution in [0.3, 0.4) is 0 Å². The number of halogens is 2. The monoisotopic (exact) mass is 918 g/mol. The Bertz CT molecular complexity index is 2590. The maximum absolute atomic E-state index is 3.08. The van der Waals surface area contributed by atoms with Crippen molar-refractivity contribution in [3.63, 3.8) is 0 Å². The third kappa shape index (κ3) is 5.41. The zero-order valence-electron chi connectivity index (χ0n) is 31.3. The number of hydrogen-bond donors (Lipinski definition) is 0. The molecule has 2 atom stereocenters. The van der Waals surface area contributed by atoms with E-state index in [2.05, 4.69) is 172 Å². The van der Waals surface area contributed by atoms with Gasteiger partial charge in [-0.3, -0.25) is 0 Å². The van der Waals surface area contributed by atoms with Gasteiger partial charge in [0.1, 0.15) is 0 Å². The third-order valence-electron chi connectivity index (χ3n) is 13.2. The average Bonchev–Trinajstić information content (AvgIpc) is 3.74. The molecule has 1 saturated heterocycles. The van der Waals surface area contributed by atoms with E-state index in [0.717, 1.165) is 12.8 Å². The van der Waals surface area contributed by atoms with Crippen LogP contribution in [0.4, 0.5) is 0 Å². The zero-order chi connectivity index (χ0) is 35.3. The first-order chi connectivity index (χ1) is 26.2. The Labute approximate surface area is 341 Å². The summed E-state index contributed by atoms with van der Waals surface area (Å²) in [4.78, 5) is 0. The summed E-state index contributed by atoms with van der Waals surface area (Å²) in [6, 6.07) is 55.4. The molecule has 270 valence electrons. The zero-order valence-corrected chi connectivity index (χ0v) is 36.5. The van der Waals surface area contributed by atoms with Crippen LogP contribution in [-0.2, 0) is 20.0 Å². The Balaban J connectivity index is 0.00000198. The largest absolute Gasteiger partial charge is 0.147 e. The van der Waals surface area contributed by atoms with Gasteiger partial charge in [0, 0.05) is 0 Å². The first kappa shape index (κ1) is 36.4. The molecule has 0 spiro atoms. The molecule has 55 heavy (non-hydrogen) atoms. The van der Waals surface area contributed by atoms with Crippen LogP contribution in [0.5, 0.6) is 0 Å². The van der Waals surface area contributed by atoms with Gasteiger partial charge < -0.3 is 0 Å².